The van der Waals surface area contributed by atoms with E-state index in [2.05, 4.69) is 17.9 Å². The summed E-state index contributed by atoms with van der Waals surface area (Å²) in [5.41, 5.74) is 2.33. The summed E-state index contributed by atoms with van der Waals surface area (Å²) in [4.78, 5) is 26.3. The number of imide groups is 1. The summed E-state index contributed by atoms with van der Waals surface area (Å²) in [7, 11) is 0. The summed E-state index contributed by atoms with van der Waals surface area (Å²) < 4.78 is 0. The molecule has 0 spiro atoms. The van der Waals surface area contributed by atoms with E-state index in [4.69, 9.17) is 0 Å². The van der Waals surface area contributed by atoms with Crippen LogP contribution in [0.1, 0.15) is 17.2 Å². The van der Waals surface area contributed by atoms with Gasteiger partial charge in [0.15, 0.2) is 0 Å². The molecule has 0 saturated carbocycles. The van der Waals surface area contributed by atoms with Gasteiger partial charge in [0.1, 0.15) is 5.25 Å². The molecule has 0 bridgehead atoms. The molecule has 1 aliphatic rings. The van der Waals surface area contributed by atoms with E-state index in [1.54, 1.807) is 12.1 Å². The number of nitrogens with zero attached hydrogens (tertiary/aromatic N) is 1. The predicted octanol–water partition coefficient (Wildman–Crippen LogP) is 3.09. The SMILES string of the molecule is Cc1ccccc1N1C(=O)N[C@H](c2ccccc2)[C@@H](S)C1=O. The van der Waals surface area contributed by atoms with Gasteiger partial charge in [0.05, 0.1) is 11.7 Å². The van der Waals surface area contributed by atoms with Gasteiger partial charge in [-0.2, -0.15) is 12.6 Å². The molecule has 0 aromatic heterocycles. The van der Waals surface area contributed by atoms with Gasteiger partial charge in [0, 0.05) is 0 Å². The van der Waals surface area contributed by atoms with Crippen LogP contribution in [-0.2, 0) is 4.79 Å². The normalized spacial score (nSPS) is 21.6. The molecule has 1 heterocycles. The van der Waals surface area contributed by atoms with E-state index in [0.29, 0.717) is 5.69 Å². The fraction of sp³-hybridized carbons (Fsp3) is 0.176. The highest BCUT2D eigenvalue weighted by atomic mass is 32.1. The molecule has 5 heteroatoms. The lowest BCUT2D eigenvalue weighted by Gasteiger charge is -2.36. The molecule has 2 aromatic rings. The van der Waals surface area contributed by atoms with Crippen molar-refractivity contribution in [3.05, 3.63) is 65.7 Å². The van der Waals surface area contributed by atoms with Crippen LogP contribution < -0.4 is 10.2 Å². The molecule has 1 aliphatic heterocycles. The van der Waals surface area contributed by atoms with Gasteiger partial charge in [-0.3, -0.25) is 4.79 Å². The highest BCUT2D eigenvalue weighted by Gasteiger charge is 2.40. The summed E-state index contributed by atoms with van der Waals surface area (Å²) >= 11 is 4.44. The number of carbonyl (C=O) groups excluding carboxylic acids is 2. The molecule has 112 valence electrons. The first-order valence-electron chi connectivity index (χ1n) is 7.02. The molecule has 0 unspecified atom stereocenters. The molecule has 22 heavy (non-hydrogen) atoms. The highest BCUT2D eigenvalue weighted by Crippen LogP contribution is 2.30. The number of hydrogen-bond donors (Lipinski definition) is 2. The van der Waals surface area contributed by atoms with E-state index in [0.717, 1.165) is 11.1 Å². The molecule has 2 atom stereocenters. The first-order valence-corrected chi connectivity index (χ1v) is 7.54. The Hall–Kier alpha value is -2.27. The predicted molar refractivity (Wildman–Crippen MR) is 89.2 cm³/mol. The molecule has 3 rings (SSSR count). The van der Waals surface area contributed by atoms with Crippen LogP contribution in [0.3, 0.4) is 0 Å². The first kappa shape index (κ1) is 14.7. The number of amides is 3. The molecule has 3 amide bonds. The largest absolute Gasteiger partial charge is 0.329 e. The fourth-order valence-electron chi connectivity index (χ4n) is 2.62. The number of aryl methyl sites for hydroxylation is 1. The summed E-state index contributed by atoms with van der Waals surface area (Å²) in [6, 6.07) is 15.9. The van der Waals surface area contributed by atoms with Crippen LogP contribution in [0.2, 0.25) is 0 Å². The molecule has 1 fully saturated rings. The molecule has 0 radical (unpaired) electrons. The van der Waals surface area contributed by atoms with E-state index in [-0.39, 0.29) is 5.91 Å². The number of thiol groups is 1. The van der Waals surface area contributed by atoms with Crippen LogP contribution in [-0.4, -0.2) is 17.2 Å². The van der Waals surface area contributed by atoms with Crippen LogP contribution >= 0.6 is 12.6 Å². The van der Waals surface area contributed by atoms with Gasteiger partial charge < -0.3 is 5.32 Å². The van der Waals surface area contributed by atoms with Crippen molar-refractivity contribution in [1.82, 2.24) is 5.32 Å². The highest BCUT2D eigenvalue weighted by molar-refractivity contribution is 7.81. The van der Waals surface area contributed by atoms with Crippen molar-refractivity contribution in [2.24, 2.45) is 0 Å². The number of rotatable bonds is 2. The third-order valence-electron chi connectivity index (χ3n) is 3.79. The number of urea groups is 1. The monoisotopic (exact) mass is 312 g/mol. The number of para-hydroxylation sites is 1. The maximum absolute atomic E-state index is 12.7. The van der Waals surface area contributed by atoms with E-state index in [1.165, 1.54) is 4.90 Å². The minimum atomic E-state index is -0.625. The molecule has 1 saturated heterocycles. The van der Waals surface area contributed by atoms with Crippen molar-refractivity contribution in [3.8, 4) is 0 Å². The Morgan fingerprint density at radius 2 is 1.64 bits per heavy atom. The van der Waals surface area contributed by atoms with Crippen LogP contribution in [0, 0.1) is 6.92 Å². The lowest BCUT2D eigenvalue weighted by molar-refractivity contribution is -0.118. The van der Waals surface area contributed by atoms with Gasteiger partial charge >= 0.3 is 6.03 Å². The molecular weight excluding hydrogens is 296 g/mol. The van der Waals surface area contributed by atoms with Crippen molar-refractivity contribution >= 4 is 30.3 Å². The minimum Gasteiger partial charge on any atom is -0.329 e. The molecule has 4 nitrogen and oxygen atoms in total. The number of benzene rings is 2. The zero-order chi connectivity index (χ0) is 15.7. The summed E-state index contributed by atoms with van der Waals surface area (Å²) in [6.07, 6.45) is 0. The fourth-order valence-corrected chi connectivity index (χ4v) is 2.98. The third-order valence-corrected chi connectivity index (χ3v) is 4.31. The van der Waals surface area contributed by atoms with Crippen molar-refractivity contribution in [1.29, 1.82) is 0 Å². The van der Waals surface area contributed by atoms with E-state index < -0.39 is 17.3 Å². The molecule has 2 aromatic carbocycles. The molecule has 0 aliphatic carbocycles. The summed E-state index contributed by atoms with van der Waals surface area (Å²) in [5, 5.41) is 2.25. The molecular formula is C17H16N2O2S. The van der Waals surface area contributed by atoms with Crippen LogP contribution in [0.4, 0.5) is 10.5 Å². The second-order valence-electron chi connectivity index (χ2n) is 5.24. The average Bonchev–Trinajstić information content (AvgIpc) is 2.53. The number of anilines is 1. The van der Waals surface area contributed by atoms with Crippen molar-refractivity contribution in [3.63, 3.8) is 0 Å². The Labute approximate surface area is 134 Å². The Kier molecular flexibility index (Phi) is 3.90. The van der Waals surface area contributed by atoms with Gasteiger partial charge in [-0.1, -0.05) is 48.5 Å². The minimum absolute atomic E-state index is 0.310. The number of hydrogen-bond acceptors (Lipinski definition) is 3. The van der Waals surface area contributed by atoms with E-state index in [9.17, 15) is 9.59 Å². The smallest absolute Gasteiger partial charge is 0.329 e. The Balaban J connectivity index is 1.95. The quantitative estimate of drug-likeness (QED) is 0.837. The van der Waals surface area contributed by atoms with Gasteiger partial charge in [0.2, 0.25) is 0 Å². The maximum atomic E-state index is 12.7. The van der Waals surface area contributed by atoms with Gasteiger partial charge in [-0.15, -0.1) is 0 Å². The van der Waals surface area contributed by atoms with E-state index >= 15 is 0 Å². The van der Waals surface area contributed by atoms with Gasteiger partial charge in [0.25, 0.3) is 5.91 Å². The lowest BCUT2D eigenvalue weighted by Crippen LogP contribution is -2.57. The van der Waals surface area contributed by atoms with Gasteiger partial charge in [-0.25, -0.2) is 9.69 Å². The second-order valence-corrected chi connectivity index (χ2v) is 5.80. The summed E-state index contributed by atoms with van der Waals surface area (Å²) in [5.74, 6) is -0.310. The standard InChI is InChI=1S/C17H16N2O2S/c1-11-7-5-6-10-13(11)19-16(20)15(22)14(18-17(19)21)12-8-3-2-4-9-12/h2-10,14-15,22H,1H3,(H,18,21)/t14-,15-/m1/s1. The van der Waals surface area contributed by atoms with E-state index in [1.807, 2.05) is 49.4 Å². The zero-order valence-electron chi connectivity index (χ0n) is 12.1. The third kappa shape index (κ3) is 2.48. The molecule has 1 N–H and O–H groups in total. The van der Waals surface area contributed by atoms with Crippen molar-refractivity contribution in [2.45, 2.75) is 18.2 Å². The summed E-state index contributed by atoms with van der Waals surface area (Å²) in [6.45, 7) is 1.87. The Bertz CT molecular complexity index is 718. The number of nitrogens with one attached hydrogen (secondary N) is 1. The zero-order valence-corrected chi connectivity index (χ0v) is 13.0. The average molecular weight is 312 g/mol. The van der Waals surface area contributed by atoms with Crippen molar-refractivity contribution in [2.75, 3.05) is 4.90 Å². The van der Waals surface area contributed by atoms with Gasteiger partial charge in [-0.05, 0) is 24.1 Å². The maximum Gasteiger partial charge on any atom is 0.329 e. The topological polar surface area (TPSA) is 49.4 Å². The lowest BCUT2D eigenvalue weighted by atomic mass is 10.00. The Morgan fingerprint density at radius 3 is 2.32 bits per heavy atom. The second kappa shape index (κ2) is 5.85. The Morgan fingerprint density at radius 1 is 1.00 bits per heavy atom. The number of carbonyl (C=O) groups is 2. The van der Waals surface area contributed by atoms with Crippen LogP contribution in [0.25, 0.3) is 0 Å². The van der Waals surface area contributed by atoms with Crippen LogP contribution in [0.15, 0.2) is 54.6 Å². The van der Waals surface area contributed by atoms with Crippen molar-refractivity contribution < 1.29 is 9.59 Å². The first-order chi connectivity index (χ1) is 10.6. The van der Waals surface area contributed by atoms with Crippen LogP contribution in [0.5, 0.6) is 0 Å².